The Morgan fingerprint density at radius 3 is 1.83 bits per heavy atom. The predicted molar refractivity (Wildman–Crippen MR) is 53.0 cm³/mol. The van der Waals surface area contributed by atoms with Crippen molar-refractivity contribution in [2.24, 2.45) is 0 Å². The molecule has 0 aliphatic rings. The third-order valence-corrected chi connectivity index (χ3v) is 2.03. The Bertz CT molecular complexity index is 431. The molecule has 0 unspecified atom stereocenters. The van der Waals surface area contributed by atoms with Crippen molar-refractivity contribution in [2.75, 3.05) is 0 Å². The standard InChI is InChI=1S/C10H5ClF6O/c11-5-8(9(12,13)14)6-1-3-7(4-2-6)18-10(15,16)17/h1-5H/b8-5-. The van der Waals surface area contributed by atoms with Gasteiger partial charge in [-0.2, -0.15) is 13.2 Å². The van der Waals surface area contributed by atoms with E-state index in [2.05, 4.69) is 4.74 Å². The third-order valence-electron chi connectivity index (χ3n) is 1.81. The molecule has 1 aromatic carbocycles. The molecule has 0 saturated carbocycles. The lowest BCUT2D eigenvalue weighted by molar-refractivity contribution is -0.274. The van der Waals surface area contributed by atoms with Gasteiger partial charge in [0, 0.05) is 5.54 Å². The average molecular weight is 291 g/mol. The minimum atomic E-state index is -4.89. The lowest BCUT2D eigenvalue weighted by atomic mass is 10.1. The second kappa shape index (κ2) is 5.09. The molecule has 0 spiro atoms. The molecule has 0 aromatic heterocycles. The highest BCUT2D eigenvalue weighted by Gasteiger charge is 2.35. The lowest BCUT2D eigenvalue weighted by Crippen LogP contribution is -2.17. The maximum absolute atomic E-state index is 12.4. The van der Waals surface area contributed by atoms with Crippen molar-refractivity contribution in [2.45, 2.75) is 12.5 Å². The Morgan fingerprint density at radius 2 is 1.50 bits per heavy atom. The van der Waals surface area contributed by atoms with Crippen LogP contribution in [0.5, 0.6) is 5.75 Å². The second-order valence-corrected chi connectivity index (χ2v) is 3.31. The van der Waals surface area contributed by atoms with Gasteiger partial charge in [-0.25, -0.2) is 0 Å². The van der Waals surface area contributed by atoms with E-state index < -0.39 is 23.9 Å². The number of benzene rings is 1. The quantitative estimate of drug-likeness (QED) is 0.716. The minimum absolute atomic E-state index is 0.319. The van der Waals surface area contributed by atoms with Crippen molar-refractivity contribution in [1.29, 1.82) is 0 Å². The molecule has 0 aliphatic carbocycles. The highest BCUT2D eigenvalue weighted by Crippen LogP contribution is 2.35. The predicted octanol–water partition coefficient (Wildman–Crippen LogP) is 4.73. The largest absolute Gasteiger partial charge is 0.573 e. The van der Waals surface area contributed by atoms with E-state index in [9.17, 15) is 26.3 Å². The number of hydrogen-bond donors (Lipinski definition) is 0. The molecular weight excluding hydrogens is 286 g/mol. The molecule has 0 aliphatic heterocycles. The van der Waals surface area contributed by atoms with Crippen LogP contribution in [0.2, 0.25) is 0 Å². The average Bonchev–Trinajstić information content (AvgIpc) is 2.17. The number of rotatable bonds is 2. The van der Waals surface area contributed by atoms with Gasteiger partial charge < -0.3 is 4.74 Å². The summed E-state index contributed by atoms with van der Waals surface area (Å²) in [5.74, 6) is -0.609. The number of hydrogen-bond acceptors (Lipinski definition) is 1. The third kappa shape index (κ3) is 4.14. The first kappa shape index (κ1) is 14.7. The van der Waals surface area contributed by atoms with Gasteiger partial charge in [0.15, 0.2) is 0 Å². The van der Waals surface area contributed by atoms with Crippen LogP contribution in [0.15, 0.2) is 29.8 Å². The van der Waals surface area contributed by atoms with Gasteiger partial charge in [-0.3, -0.25) is 0 Å². The molecule has 0 bridgehead atoms. The van der Waals surface area contributed by atoms with Crippen LogP contribution in [0.4, 0.5) is 26.3 Å². The monoisotopic (exact) mass is 290 g/mol. The molecule has 8 heteroatoms. The summed E-state index contributed by atoms with van der Waals surface area (Å²) in [6.07, 6.45) is -9.58. The summed E-state index contributed by atoms with van der Waals surface area (Å²) in [6, 6.07) is 3.22. The molecule has 0 fully saturated rings. The first-order valence-corrected chi connectivity index (χ1v) is 4.81. The summed E-state index contributed by atoms with van der Waals surface area (Å²) in [4.78, 5) is 0. The highest BCUT2D eigenvalue weighted by atomic mass is 35.5. The van der Waals surface area contributed by atoms with E-state index in [1.807, 2.05) is 0 Å². The van der Waals surface area contributed by atoms with Crippen molar-refractivity contribution in [1.82, 2.24) is 0 Å². The fourth-order valence-corrected chi connectivity index (χ4v) is 1.37. The van der Waals surface area contributed by atoms with Crippen LogP contribution in [0.3, 0.4) is 0 Å². The van der Waals surface area contributed by atoms with E-state index in [4.69, 9.17) is 11.6 Å². The topological polar surface area (TPSA) is 9.23 Å². The van der Waals surface area contributed by atoms with Crippen molar-refractivity contribution in [3.63, 3.8) is 0 Å². The molecule has 0 radical (unpaired) electrons. The van der Waals surface area contributed by atoms with Crippen LogP contribution >= 0.6 is 11.6 Å². The fraction of sp³-hybridized carbons (Fsp3) is 0.200. The van der Waals surface area contributed by atoms with Crippen LogP contribution in [0.25, 0.3) is 5.57 Å². The number of ether oxygens (including phenoxy) is 1. The number of halogens is 7. The number of alkyl halides is 6. The minimum Gasteiger partial charge on any atom is -0.406 e. The molecular formula is C10H5ClF6O. The first-order valence-electron chi connectivity index (χ1n) is 4.37. The van der Waals surface area contributed by atoms with E-state index >= 15 is 0 Å². The van der Waals surface area contributed by atoms with Gasteiger partial charge in [0.2, 0.25) is 0 Å². The Labute approximate surface area is 103 Å². The Morgan fingerprint density at radius 1 is 1.00 bits per heavy atom. The second-order valence-electron chi connectivity index (χ2n) is 3.09. The van der Waals surface area contributed by atoms with E-state index in [1.54, 1.807) is 0 Å². The van der Waals surface area contributed by atoms with E-state index in [-0.39, 0.29) is 5.56 Å². The number of allylic oxidation sites excluding steroid dienone is 1. The van der Waals surface area contributed by atoms with Gasteiger partial charge >= 0.3 is 12.5 Å². The maximum atomic E-state index is 12.4. The Hall–Kier alpha value is -1.37. The van der Waals surface area contributed by atoms with Crippen LogP contribution < -0.4 is 4.74 Å². The van der Waals surface area contributed by atoms with Crippen LogP contribution in [-0.4, -0.2) is 12.5 Å². The zero-order valence-corrected chi connectivity index (χ0v) is 9.20. The molecule has 100 valence electrons. The van der Waals surface area contributed by atoms with Crippen molar-refractivity contribution in [3.05, 3.63) is 35.4 Å². The molecule has 0 heterocycles. The molecule has 1 aromatic rings. The van der Waals surface area contributed by atoms with E-state index in [1.165, 1.54) is 0 Å². The molecule has 0 atom stereocenters. The molecule has 0 amide bonds. The zero-order chi connectivity index (χ0) is 14.0. The van der Waals surface area contributed by atoms with Gasteiger partial charge in [-0.1, -0.05) is 23.7 Å². The van der Waals surface area contributed by atoms with Gasteiger partial charge in [-0.15, -0.1) is 13.2 Å². The fourth-order valence-electron chi connectivity index (χ4n) is 1.12. The molecule has 18 heavy (non-hydrogen) atoms. The van der Waals surface area contributed by atoms with Gasteiger partial charge in [0.1, 0.15) is 5.75 Å². The van der Waals surface area contributed by atoms with Crippen LogP contribution in [0, 0.1) is 0 Å². The van der Waals surface area contributed by atoms with E-state index in [0.29, 0.717) is 5.54 Å². The maximum Gasteiger partial charge on any atom is 0.573 e. The first-order chi connectivity index (χ1) is 8.13. The summed E-state index contributed by atoms with van der Waals surface area (Å²) < 4.78 is 76.2. The summed E-state index contributed by atoms with van der Waals surface area (Å²) in [7, 11) is 0. The molecule has 0 N–H and O–H groups in total. The van der Waals surface area contributed by atoms with E-state index in [0.717, 1.165) is 24.3 Å². The van der Waals surface area contributed by atoms with Crippen molar-refractivity contribution < 1.29 is 31.1 Å². The molecule has 1 nitrogen and oxygen atoms in total. The van der Waals surface area contributed by atoms with Gasteiger partial charge in [0.25, 0.3) is 0 Å². The Balaban J connectivity index is 2.96. The molecule has 0 saturated heterocycles. The SMILES string of the molecule is FC(F)(F)Oc1ccc(/C(=C/Cl)C(F)(F)F)cc1. The lowest BCUT2D eigenvalue weighted by Gasteiger charge is -2.12. The summed E-state index contributed by atoms with van der Waals surface area (Å²) in [5.41, 5.74) is -1.19. The van der Waals surface area contributed by atoms with Crippen molar-refractivity contribution in [3.8, 4) is 5.75 Å². The van der Waals surface area contributed by atoms with Gasteiger partial charge in [0.05, 0.1) is 5.57 Å². The smallest absolute Gasteiger partial charge is 0.406 e. The van der Waals surface area contributed by atoms with Crippen LogP contribution in [-0.2, 0) is 0 Å². The normalized spacial score (nSPS) is 13.6. The Kier molecular flexibility index (Phi) is 4.16. The summed E-state index contributed by atoms with van der Waals surface area (Å²) in [5, 5.41) is 0. The van der Waals surface area contributed by atoms with Crippen molar-refractivity contribution >= 4 is 17.2 Å². The van der Waals surface area contributed by atoms with Crippen LogP contribution in [0.1, 0.15) is 5.56 Å². The summed E-state index contributed by atoms with van der Waals surface area (Å²) in [6.45, 7) is 0. The highest BCUT2D eigenvalue weighted by molar-refractivity contribution is 6.28. The summed E-state index contributed by atoms with van der Waals surface area (Å²) >= 11 is 5.04. The van der Waals surface area contributed by atoms with Gasteiger partial charge in [-0.05, 0) is 17.7 Å². The zero-order valence-electron chi connectivity index (χ0n) is 8.44. The molecule has 1 rings (SSSR count).